The van der Waals surface area contributed by atoms with E-state index in [-0.39, 0.29) is 12.5 Å². The molecule has 3 rings (SSSR count). The first kappa shape index (κ1) is 20.1. The van der Waals surface area contributed by atoms with E-state index in [9.17, 15) is 4.79 Å². The summed E-state index contributed by atoms with van der Waals surface area (Å²) in [4.78, 5) is 16.9. The molecule has 28 heavy (non-hydrogen) atoms. The van der Waals surface area contributed by atoms with Crippen LogP contribution < -0.4 is 14.4 Å². The third-order valence-corrected chi connectivity index (χ3v) is 5.17. The van der Waals surface area contributed by atoms with Crippen molar-refractivity contribution in [3.8, 4) is 11.5 Å². The minimum Gasteiger partial charge on any atom is -0.497 e. The lowest BCUT2D eigenvalue weighted by Gasteiger charge is -2.24. The van der Waals surface area contributed by atoms with E-state index >= 15 is 0 Å². The van der Waals surface area contributed by atoms with Crippen LogP contribution in [-0.2, 0) is 4.79 Å². The van der Waals surface area contributed by atoms with Gasteiger partial charge in [-0.15, -0.1) is 0 Å². The molecule has 150 valence electrons. The molecule has 0 saturated carbocycles. The topological polar surface area (TPSA) is 42.0 Å². The highest BCUT2D eigenvalue weighted by Crippen LogP contribution is 2.22. The molecule has 0 aromatic heterocycles. The normalized spacial score (nSPS) is 14.7. The average molecular weight is 383 g/mol. The summed E-state index contributed by atoms with van der Waals surface area (Å²) in [5, 5.41) is 0. The van der Waals surface area contributed by atoms with Gasteiger partial charge in [-0.2, -0.15) is 0 Å². The lowest BCUT2D eigenvalue weighted by Crippen LogP contribution is -2.38. The fourth-order valence-corrected chi connectivity index (χ4v) is 3.42. The van der Waals surface area contributed by atoms with E-state index in [0.717, 1.165) is 43.2 Å². The van der Waals surface area contributed by atoms with Gasteiger partial charge in [0.25, 0.3) is 5.91 Å². The van der Waals surface area contributed by atoms with Gasteiger partial charge in [-0.3, -0.25) is 4.79 Å². The summed E-state index contributed by atoms with van der Waals surface area (Å²) in [5.74, 6) is 2.10. The highest BCUT2D eigenvalue weighted by Gasteiger charge is 2.20. The van der Waals surface area contributed by atoms with Crippen molar-refractivity contribution in [1.82, 2.24) is 4.90 Å². The van der Waals surface area contributed by atoms with Gasteiger partial charge in [0, 0.05) is 31.9 Å². The van der Waals surface area contributed by atoms with Crippen molar-refractivity contribution in [2.75, 3.05) is 44.8 Å². The number of anilines is 1. The molecule has 0 spiro atoms. The van der Waals surface area contributed by atoms with E-state index in [1.54, 1.807) is 7.11 Å². The number of nitrogens with zero attached hydrogens (tertiary/aromatic N) is 2. The second-order valence-electron chi connectivity index (χ2n) is 7.44. The summed E-state index contributed by atoms with van der Waals surface area (Å²) in [5.41, 5.74) is 2.38. The van der Waals surface area contributed by atoms with Crippen molar-refractivity contribution >= 4 is 11.6 Å². The Balaban J connectivity index is 1.53. The summed E-state index contributed by atoms with van der Waals surface area (Å²) in [7, 11) is 1.67. The lowest BCUT2D eigenvalue weighted by atomic mass is 10.0. The van der Waals surface area contributed by atoms with Crippen molar-refractivity contribution < 1.29 is 14.3 Å². The third kappa shape index (κ3) is 5.18. The first-order valence-electron chi connectivity index (χ1n) is 9.96. The molecule has 1 aliphatic rings. The Morgan fingerprint density at radius 3 is 2.50 bits per heavy atom. The van der Waals surface area contributed by atoms with E-state index in [4.69, 9.17) is 9.47 Å². The van der Waals surface area contributed by atoms with Gasteiger partial charge in [0.15, 0.2) is 6.61 Å². The van der Waals surface area contributed by atoms with E-state index in [2.05, 4.69) is 36.9 Å². The number of carbonyl (C=O) groups excluding carboxylic acids is 1. The number of methoxy groups -OCH3 is 1. The highest BCUT2D eigenvalue weighted by molar-refractivity contribution is 5.78. The number of rotatable bonds is 6. The Bertz CT molecular complexity index is 774. The fourth-order valence-electron chi connectivity index (χ4n) is 3.42. The van der Waals surface area contributed by atoms with E-state index in [1.807, 2.05) is 35.2 Å². The molecule has 5 heteroatoms. The molecule has 1 aliphatic heterocycles. The predicted molar refractivity (Wildman–Crippen MR) is 112 cm³/mol. The summed E-state index contributed by atoms with van der Waals surface area (Å²) < 4.78 is 11.0. The molecule has 0 N–H and O–H groups in total. The molecular weight excluding hydrogens is 352 g/mol. The third-order valence-electron chi connectivity index (χ3n) is 5.17. The predicted octanol–water partition coefficient (Wildman–Crippen LogP) is 3.94. The van der Waals surface area contributed by atoms with Crippen molar-refractivity contribution in [3.05, 3.63) is 54.1 Å². The summed E-state index contributed by atoms with van der Waals surface area (Å²) >= 11 is 0. The highest BCUT2D eigenvalue weighted by atomic mass is 16.5. The van der Waals surface area contributed by atoms with Gasteiger partial charge in [-0.05, 0) is 54.3 Å². The van der Waals surface area contributed by atoms with Crippen LogP contribution in [0.25, 0.3) is 0 Å². The van der Waals surface area contributed by atoms with Gasteiger partial charge in [-0.1, -0.05) is 26.0 Å². The van der Waals surface area contributed by atoms with Crippen LogP contribution in [-0.4, -0.2) is 50.7 Å². The summed E-state index contributed by atoms with van der Waals surface area (Å²) in [6.45, 7) is 7.62. The number of amides is 1. The van der Waals surface area contributed by atoms with Crippen LogP contribution in [0.2, 0.25) is 0 Å². The van der Waals surface area contributed by atoms with Crippen LogP contribution in [0.15, 0.2) is 48.5 Å². The molecule has 1 heterocycles. The van der Waals surface area contributed by atoms with Crippen LogP contribution >= 0.6 is 0 Å². The molecule has 1 fully saturated rings. The smallest absolute Gasteiger partial charge is 0.260 e. The largest absolute Gasteiger partial charge is 0.497 e. The molecule has 0 atom stereocenters. The molecular formula is C23H30N2O3. The number of hydrogen-bond acceptors (Lipinski definition) is 4. The molecule has 0 unspecified atom stereocenters. The van der Waals surface area contributed by atoms with Crippen molar-refractivity contribution in [3.63, 3.8) is 0 Å². The number of benzene rings is 2. The SMILES string of the molecule is COc1ccc(N2CCCN(C(=O)COc3cccc(C(C)C)c3)CC2)cc1. The molecule has 0 aliphatic carbocycles. The van der Waals surface area contributed by atoms with Gasteiger partial charge in [0.05, 0.1) is 7.11 Å². The lowest BCUT2D eigenvalue weighted by molar-refractivity contribution is -0.133. The minimum atomic E-state index is 0.0477. The van der Waals surface area contributed by atoms with Crippen LogP contribution in [0.5, 0.6) is 11.5 Å². The van der Waals surface area contributed by atoms with Gasteiger partial charge < -0.3 is 19.3 Å². The van der Waals surface area contributed by atoms with Crippen LogP contribution in [0.3, 0.4) is 0 Å². The fraction of sp³-hybridized carbons (Fsp3) is 0.435. The van der Waals surface area contributed by atoms with E-state index < -0.39 is 0 Å². The molecule has 0 bridgehead atoms. The summed E-state index contributed by atoms with van der Waals surface area (Å²) in [6.07, 6.45) is 0.945. The molecule has 2 aromatic rings. The maximum Gasteiger partial charge on any atom is 0.260 e. The Kier molecular flexibility index (Phi) is 6.80. The Hall–Kier alpha value is -2.69. The maximum atomic E-state index is 12.6. The molecule has 1 amide bonds. The molecule has 2 aromatic carbocycles. The maximum absolute atomic E-state index is 12.6. The zero-order chi connectivity index (χ0) is 19.9. The van der Waals surface area contributed by atoms with Crippen molar-refractivity contribution in [2.45, 2.75) is 26.2 Å². The monoisotopic (exact) mass is 382 g/mol. The van der Waals surface area contributed by atoms with Crippen LogP contribution in [0, 0.1) is 0 Å². The van der Waals surface area contributed by atoms with Gasteiger partial charge in [-0.25, -0.2) is 0 Å². The number of hydrogen-bond donors (Lipinski definition) is 0. The zero-order valence-corrected chi connectivity index (χ0v) is 17.1. The number of carbonyl (C=O) groups is 1. The van der Waals surface area contributed by atoms with Crippen molar-refractivity contribution in [2.24, 2.45) is 0 Å². The minimum absolute atomic E-state index is 0.0477. The Morgan fingerprint density at radius 2 is 1.79 bits per heavy atom. The number of ether oxygens (including phenoxy) is 2. The quantitative estimate of drug-likeness (QED) is 0.759. The van der Waals surface area contributed by atoms with Gasteiger partial charge in [0.1, 0.15) is 11.5 Å². The Labute approximate surface area is 167 Å². The standard InChI is InChI=1S/C23H30N2O3/c1-18(2)19-6-4-7-22(16-19)28-17-23(26)25-13-5-12-24(14-15-25)20-8-10-21(27-3)11-9-20/h4,6-11,16,18H,5,12-15,17H2,1-3H3. The van der Waals surface area contributed by atoms with Gasteiger partial charge in [0.2, 0.25) is 0 Å². The van der Waals surface area contributed by atoms with Crippen LogP contribution in [0.4, 0.5) is 5.69 Å². The van der Waals surface area contributed by atoms with Crippen LogP contribution in [0.1, 0.15) is 31.7 Å². The Morgan fingerprint density at radius 1 is 1.00 bits per heavy atom. The second-order valence-corrected chi connectivity index (χ2v) is 7.44. The second kappa shape index (κ2) is 9.49. The first-order valence-corrected chi connectivity index (χ1v) is 9.96. The zero-order valence-electron chi connectivity index (χ0n) is 17.1. The van der Waals surface area contributed by atoms with E-state index in [1.165, 1.54) is 5.56 Å². The first-order chi connectivity index (χ1) is 13.6. The van der Waals surface area contributed by atoms with E-state index in [0.29, 0.717) is 12.5 Å². The molecule has 5 nitrogen and oxygen atoms in total. The molecule has 0 radical (unpaired) electrons. The average Bonchev–Trinajstić information content (AvgIpc) is 2.98. The molecule has 1 saturated heterocycles. The van der Waals surface area contributed by atoms with Gasteiger partial charge >= 0.3 is 0 Å². The summed E-state index contributed by atoms with van der Waals surface area (Å²) in [6, 6.07) is 16.1. The van der Waals surface area contributed by atoms with Crippen molar-refractivity contribution in [1.29, 1.82) is 0 Å².